The molecule has 1 N–H and O–H groups in total. The van der Waals surface area contributed by atoms with Crippen molar-refractivity contribution in [2.24, 2.45) is 0 Å². The van der Waals surface area contributed by atoms with Crippen molar-refractivity contribution in [3.63, 3.8) is 0 Å². The summed E-state index contributed by atoms with van der Waals surface area (Å²) >= 11 is 0. The molecule has 1 saturated heterocycles. The van der Waals surface area contributed by atoms with Gasteiger partial charge in [-0.05, 0) is 19.4 Å². The average molecular weight is 103 g/mol. The molecule has 1 rings (SSSR count). The van der Waals surface area contributed by atoms with Gasteiger partial charge >= 0.3 is 0 Å². The summed E-state index contributed by atoms with van der Waals surface area (Å²) in [4.78, 5) is 0. The first-order chi connectivity index (χ1) is 2.89. The molecule has 1 heterocycles. The van der Waals surface area contributed by atoms with Crippen LogP contribution in [0.15, 0.2) is 0 Å². The first-order valence-corrected chi connectivity index (χ1v) is 3.05. The van der Waals surface area contributed by atoms with Crippen LogP contribution < -0.4 is 5.32 Å². The maximum Gasteiger partial charge on any atom is 0.0211 e. The Morgan fingerprint density at radius 1 is 1.67 bits per heavy atom. The van der Waals surface area contributed by atoms with Crippen LogP contribution in [0.2, 0.25) is 0 Å². The molecule has 2 unspecified atom stereocenters. The van der Waals surface area contributed by atoms with Crippen LogP contribution in [0.1, 0.15) is 12.8 Å². The van der Waals surface area contributed by atoms with Gasteiger partial charge in [0.05, 0.1) is 0 Å². The van der Waals surface area contributed by atoms with Crippen LogP contribution in [0.3, 0.4) is 0 Å². The van der Waals surface area contributed by atoms with Gasteiger partial charge in [-0.25, -0.2) is 0 Å². The third-order valence-corrected chi connectivity index (χ3v) is 1.67. The Hall–Kier alpha value is 0.390. The zero-order chi connectivity index (χ0) is 4.41. The summed E-state index contributed by atoms with van der Waals surface area (Å²) in [5.41, 5.74) is 0. The van der Waals surface area contributed by atoms with Gasteiger partial charge in [-0.2, -0.15) is 0 Å². The predicted octanol–water partition coefficient (Wildman–Crippen LogP) is 0.571. The molecule has 2 atom stereocenters. The molecule has 0 aromatic rings. The highest BCUT2D eigenvalue weighted by molar-refractivity contribution is 7.17. The van der Waals surface area contributed by atoms with Gasteiger partial charge in [-0.3, -0.25) is 0 Å². The van der Waals surface area contributed by atoms with Crippen LogP contribution in [0.4, 0.5) is 0 Å². The minimum atomic E-state index is 0.713. The highest BCUT2D eigenvalue weighted by Crippen LogP contribution is 2.09. The summed E-state index contributed by atoms with van der Waals surface area (Å²) in [6, 6.07) is 0. The molecule has 1 fully saturated rings. The van der Waals surface area contributed by atoms with E-state index in [1.165, 1.54) is 19.4 Å². The largest absolute Gasteiger partial charge is 0.311 e. The molecule has 6 heavy (non-hydrogen) atoms. The van der Waals surface area contributed by atoms with Gasteiger partial charge in [0.1, 0.15) is 0 Å². The lowest BCUT2D eigenvalue weighted by Crippen LogP contribution is -2.12. The zero-order valence-electron chi connectivity index (χ0n) is 3.78. The third kappa shape index (κ3) is 0.924. The monoisotopic (exact) mass is 103 g/mol. The second-order valence-corrected chi connectivity index (χ2v) is 2.51. The lowest BCUT2D eigenvalue weighted by Gasteiger charge is -1.95. The highest BCUT2D eigenvalue weighted by Gasteiger charge is 2.05. The Kier molecular flexibility index (Phi) is 1.44. The van der Waals surface area contributed by atoms with Gasteiger partial charge in [-0.1, -0.05) is 0 Å². The topological polar surface area (TPSA) is 12.0 Å². The third-order valence-electron chi connectivity index (χ3n) is 1.10. The summed E-state index contributed by atoms with van der Waals surface area (Å²) in [5, 5.41) is 3.28. The van der Waals surface area contributed by atoms with Crippen LogP contribution in [0, 0.1) is 0 Å². The summed E-state index contributed by atoms with van der Waals surface area (Å²) in [7, 11) is 2.76. The average Bonchev–Trinajstić information content (AvgIpc) is 1.86. The lowest BCUT2D eigenvalue weighted by atomic mass is 10.4. The van der Waals surface area contributed by atoms with Crippen molar-refractivity contribution >= 4 is 9.24 Å². The Morgan fingerprint density at radius 2 is 2.50 bits per heavy atom. The number of nitrogens with one attached hydrogen (secondary N) is 1. The molecular formula is C4H10NP. The molecule has 0 aliphatic carbocycles. The first-order valence-electron chi connectivity index (χ1n) is 2.38. The maximum atomic E-state index is 3.28. The van der Waals surface area contributed by atoms with Crippen molar-refractivity contribution in [1.82, 2.24) is 5.32 Å². The number of hydrogen-bond acceptors (Lipinski definition) is 1. The Balaban J connectivity index is 2.18. The normalized spacial score (nSPS) is 34.5. The van der Waals surface area contributed by atoms with E-state index in [0.717, 1.165) is 0 Å². The van der Waals surface area contributed by atoms with E-state index in [0.29, 0.717) is 5.78 Å². The molecule has 0 aromatic heterocycles. The molecule has 1 aliphatic rings. The van der Waals surface area contributed by atoms with E-state index in [4.69, 9.17) is 0 Å². The Bertz CT molecular complexity index is 40.8. The SMILES string of the molecule is PC1CCCN1. The van der Waals surface area contributed by atoms with Gasteiger partial charge in [0.2, 0.25) is 0 Å². The standard InChI is InChI=1S/C4H10NP/c6-4-2-1-3-5-4/h4-5H,1-3,6H2. The summed E-state index contributed by atoms with van der Waals surface area (Å²) in [6.07, 6.45) is 2.69. The molecule has 0 saturated carbocycles. The van der Waals surface area contributed by atoms with Crippen LogP contribution in [-0.2, 0) is 0 Å². The molecule has 2 heteroatoms. The fourth-order valence-corrected chi connectivity index (χ4v) is 1.11. The Morgan fingerprint density at radius 3 is 2.67 bits per heavy atom. The highest BCUT2D eigenvalue weighted by atomic mass is 31.0. The minimum absolute atomic E-state index is 0.713. The van der Waals surface area contributed by atoms with Gasteiger partial charge in [0.15, 0.2) is 0 Å². The summed E-state index contributed by atoms with van der Waals surface area (Å²) in [5.74, 6) is 0.713. The van der Waals surface area contributed by atoms with Crippen molar-refractivity contribution in [3.8, 4) is 0 Å². The van der Waals surface area contributed by atoms with E-state index in [2.05, 4.69) is 14.6 Å². The molecule has 0 radical (unpaired) electrons. The van der Waals surface area contributed by atoms with E-state index in [9.17, 15) is 0 Å². The van der Waals surface area contributed by atoms with E-state index < -0.39 is 0 Å². The quantitative estimate of drug-likeness (QED) is 0.442. The van der Waals surface area contributed by atoms with Crippen LogP contribution >= 0.6 is 9.24 Å². The van der Waals surface area contributed by atoms with Crippen molar-refractivity contribution in [3.05, 3.63) is 0 Å². The Labute approximate surface area is 40.7 Å². The second kappa shape index (κ2) is 1.90. The van der Waals surface area contributed by atoms with Gasteiger partial charge < -0.3 is 5.32 Å². The lowest BCUT2D eigenvalue weighted by molar-refractivity contribution is 0.807. The predicted molar refractivity (Wildman–Crippen MR) is 30.7 cm³/mol. The number of rotatable bonds is 0. The smallest absolute Gasteiger partial charge is 0.0211 e. The van der Waals surface area contributed by atoms with Gasteiger partial charge in [0.25, 0.3) is 0 Å². The molecule has 1 nitrogen and oxygen atoms in total. The maximum absolute atomic E-state index is 3.28. The summed E-state index contributed by atoms with van der Waals surface area (Å²) in [6.45, 7) is 1.22. The summed E-state index contributed by atoms with van der Waals surface area (Å²) < 4.78 is 0. The fraction of sp³-hybridized carbons (Fsp3) is 1.00. The van der Waals surface area contributed by atoms with Crippen molar-refractivity contribution in [1.29, 1.82) is 0 Å². The zero-order valence-corrected chi connectivity index (χ0v) is 4.93. The number of hydrogen-bond donors (Lipinski definition) is 1. The molecular weight excluding hydrogens is 93.0 g/mol. The van der Waals surface area contributed by atoms with Crippen LogP contribution in [0.25, 0.3) is 0 Å². The van der Waals surface area contributed by atoms with E-state index in [-0.39, 0.29) is 0 Å². The second-order valence-electron chi connectivity index (χ2n) is 1.70. The first kappa shape index (κ1) is 4.55. The molecule has 0 amide bonds. The molecule has 0 spiro atoms. The van der Waals surface area contributed by atoms with E-state index in [1.54, 1.807) is 0 Å². The molecule has 36 valence electrons. The van der Waals surface area contributed by atoms with Gasteiger partial charge in [0, 0.05) is 5.78 Å². The van der Waals surface area contributed by atoms with Crippen LogP contribution in [-0.4, -0.2) is 12.3 Å². The van der Waals surface area contributed by atoms with Crippen molar-refractivity contribution < 1.29 is 0 Å². The minimum Gasteiger partial charge on any atom is -0.311 e. The van der Waals surface area contributed by atoms with E-state index >= 15 is 0 Å². The molecule has 0 bridgehead atoms. The van der Waals surface area contributed by atoms with Crippen LogP contribution in [0.5, 0.6) is 0 Å². The molecule has 1 aliphatic heterocycles. The van der Waals surface area contributed by atoms with Gasteiger partial charge in [-0.15, -0.1) is 9.24 Å². The molecule has 0 aromatic carbocycles. The van der Waals surface area contributed by atoms with E-state index in [1.807, 2.05) is 0 Å². The van der Waals surface area contributed by atoms with Crippen molar-refractivity contribution in [2.75, 3.05) is 6.54 Å². The van der Waals surface area contributed by atoms with Crippen molar-refractivity contribution in [2.45, 2.75) is 18.6 Å². The fourth-order valence-electron chi connectivity index (χ4n) is 0.711.